The van der Waals surface area contributed by atoms with E-state index in [1.807, 2.05) is 0 Å². The van der Waals surface area contributed by atoms with Gasteiger partial charge in [0.2, 0.25) is 0 Å². The first-order chi connectivity index (χ1) is 17.3. The van der Waals surface area contributed by atoms with E-state index in [1.54, 1.807) is 0 Å². The Morgan fingerprint density at radius 3 is 2.00 bits per heavy atom. The van der Waals surface area contributed by atoms with Gasteiger partial charge < -0.3 is 0 Å². The smallest absolute Gasteiger partial charge is 0.00299 e. The van der Waals surface area contributed by atoms with Gasteiger partial charge in [0.1, 0.15) is 0 Å². The molecule has 0 aromatic heterocycles. The fourth-order valence-corrected chi connectivity index (χ4v) is 5.46. The molecule has 0 heterocycles. The second-order valence-electron chi connectivity index (χ2n) is 11.5. The second-order valence-corrected chi connectivity index (χ2v) is 11.5. The molecule has 0 aliphatic heterocycles. The maximum absolute atomic E-state index is 2.40. The molecule has 1 aliphatic rings. The maximum atomic E-state index is 2.40. The van der Waals surface area contributed by atoms with Crippen molar-refractivity contribution in [3.05, 3.63) is 128 Å². The Bertz CT molecular complexity index is 1520. The number of unbranched alkanes of at least 4 members (excludes halogenated alkanes) is 1. The lowest BCUT2D eigenvalue weighted by Crippen LogP contribution is -2.31. The summed E-state index contributed by atoms with van der Waals surface area (Å²) in [6.07, 6.45) is 6.01. The predicted molar refractivity (Wildman–Crippen MR) is 156 cm³/mol. The van der Waals surface area contributed by atoms with Crippen LogP contribution in [-0.4, -0.2) is 0 Å². The fraction of sp³-hybridized carbons (Fsp3) is 0.278. The third kappa shape index (κ3) is 4.58. The van der Waals surface area contributed by atoms with Crippen LogP contribution in [0.4, 0.5) is 0 Å². The van der Waals surface area contributed by atoms with Gasteiger partial charge in [-0.25, -0.2) is 0 Å². The van der Waals surface area contributed by atoms with Crippen LogP contribution in [0.5, 0.6) is 0 Å². The first kappa shape index (κ1) is 24.3. The normalized spacial score (nSPS) is 13.2. The van der Waals surface area contributed by atoms with E-state index in [0.29, 0.717) is 0 Å². The third-order valence-electron chi connectivity index (χ3n) is 7.60. The van der Waals surface area contributed by atoms with Crippen molar-refractivity contribution in [2.24, 2.45) is 0 Å². The van der Waals surface area contributed by atoms with Crippen LogP contribution >= 0.6 is 0 Å². The zero-order valence-corrected chi connectivity index (χ0v) is 22.7. The van der Waals surface area contributed by atoms with Crippen LogP contribution in [0.1, 0.15) is 79.5 Å². The standard InChI is InChI=1S/C36H38/c1-7-8-9-26-12-14-27(15-13-26)35(28-16-18-30(19-17-28)36(4,5)6)34-25(3)11-21-32-31-20-10-24(2)22-29(31)23-33(32)34/h10-23H,7-9H2,1-6H3. The fourth-order valence-electron chi connectivity index (χ4n) is 5.46. The summed E-state index contributed by atoms with van der Waals surface area (Å²) < 4.78 is 0. The SMILES string of the molecule is CCCCc1ccc(C(c2ccc(C(C)(C)C)cc2)=c2c(C)ccc3c2=Cc2cc(C)ccc2-3)cc1. The van der Waals surface area contributed by atoms with Gasteiger partial charge in [-0.15, -0.1) is 0 Å². The van der Waals surface area contributed by atoms with Crippen molar-refractivity contribution >= 4 is 11.6 Å². The van der Waals surface area contributed by atoms with Gasteiger partial charge in [0.15, 0.2) is 0 Å². The molecule has 0 unspecified atom stereocenters. The largest absolute Gasteiger partial charge is 0.0654 e. The molecule has 5 rings (SSSR count). The molecular formula is C36H38. The van der Waals surface area contributed by atoms with Crippen molar-refractivity contribution in [3.8, 4) is 11.1 Å². The lowest BCUT2D eigenvalue weighted by Gasteiger charge is -2.20. The van der Waals surface area contributed by atoms with Crippen LogP contribution in [0, 0.1) is 13.8 Å². The summed E-state index contributed by atoms with van der Waals surface area (Å²) in [6, 6.07) is 30.0. The van der Waals surface area contributed by atoms with Gasteiger partial charge in [0, 0.05) is 0 Å². The number of aryl methyl sites for hydroxylation is 3. The maximum Gasteiger partial charge on any atom is -0.00299 e. The molecule has 0 saturated carbocycles. The molecule has 0 nitrogen and oxygen atoms in total. The van der Waals surface area contributed by atoms with Crippen LogP contribution in [-0.2, 0) is 11.8 Å². The zero-order chi connectivity index (χ0) is 25.4. The van der Waals surface area contributed by atoms with Crippen molar-refractivity contribution in [2.45, 2.75) is 66.2 Å². The quantitative estimate of drug-likeness (QED) is 0.244. The first-order valence-electron chi connectivity index (χ1n) is 13.4. The van der Waals surface area contributed by atoms with Crippen molar-refractivity contribution < 1.29 is 0 Å². The first-order valence-corrected chi connectivity index (χ1v) is 13.4. The number of hydrogen-bond acceptors (Lipinski definition) is 0. The van der Waals surface area contributed by atoms with E-state index in [1.165, 1.54) is 78.9 Å². The number of hydrogen-bond donors (Lipinski definition) is 0. The molecule has 182 valence electrons. The van der Waals surface area contributed by atoms with Crippen LogP contribution in [0.2, 0.25) is 0 Å². The topological polar surface area (TPSA) is 0 Å². The van der Waals surface area contributed by atoms with Crippen molar-refractivity contribution in [1.29, 1.82) is 0 Å². The highest BCUT2D eigenvalue weighted by molar-refractivity contribution is 5.87. The summed E-state index contributed by atoms with van der Waals surface area (Å²) in [5.74, 6) is 0. The second kappa shape index (κ2) is 9.58. The summed E-state index contributed by atoms with van der Waals surface area (Å²) in [6.45, 7) is 13.5. The molecule has 0 spiro atoms. The Balaban J connectivity index is 1.80. The molecule has 0 saturated heterocycles. The van der Waals surface area contributed by atoms with Crippen LogP contribution in [0.15, 0.2) is 78.9 Å². The minimum Gasteiger partial charge on any atom is -0.0654 e. The molecule has 0 amide bonds. The highest BCUT2D eigenvalue weighted by atomic mass is 14.2. The molecule has 0 heteroatoms. The van der Waals surface area contributed by atoms with Crippen molar-refractivity contribution in [1.82, 2.24) is 0 Å². The summed E-state index contributed by atoms with van der Waals surface area (Å²) in [5.41, 5.74) is 13.5. The lowest BCUT2D eigenvalue weighted by molar-refractivity contribution is 0.590. The molecule has 0 N–H and O–H groups in total. The van der Waals surface area contributed by atoms with Crippen molar-refractivity contribution in [3.63, 3.8) is 0 Å². The van der Waals surface area contributed by atoms with E-state index in [4.69, 9.17) is 0 Å². The van der Waals surface area contributed by atoms with Gasteiger partial charge in [-0.3, -0.25) is 0 Å². The van der Waals surface area contributed by atoms with Crippen LogP contribution in [0.3, 0.4) is 0 Å². The minimum absolute atomic E-state index is 0.136. The lowest BCUT2D eigenvalue weighted by atomic mass is 9.85. The van der Waals surface area contributed by atoms with E-state index in [-0.39, 0.29) is 5.41 Å². The molecule has 0 bridgehead atoms. The summed E-state index contributed by atoms with van der Waals surface area (Å²) in [7, 11) is 0. The van der Waals surface area contributed by atoms with E-state index >= 15 is 0 Å². The Kier molecular flexibility index (Phi) is 6.47. The Hall–Kier alpha value is -3.38. The molecule has 4 aromatic carbocycles. The Labute approximate surface area is 217 Å². The van der Waals surface area contributed by atoms with Crippen LogP contribution < -0.4 is 10.4 Å². The number of fused-ring (bicyclic) bond motifs is 3. The minimum atomic E-state index is 0.136. The summed E-state index contributed by atoms with van der Waals surface area (Å²) in [4.78, 5) is 0. The van der Waals surface area contributed by atoms with Gasteiger partial charge in [0.05, 0.1) is 0 Å². The molecule has 1 aliphatic carbocycles. The van der Waals surface area contributed by atoms with E-state index < -0.39 is 0 Å². The predicted octanol–water partition coefficient (Wildman–Crippen LogP) is 8.00. The van der Waals surface area contributed by atoms with E-state index in [0.717, 1.165) is 6.42 Å². The Morgan fingerprint density at radius 2 is 1.36 bits per heavy atom. The molecule has 36 heavy (non-hydrogen) atoms. The molecule has 0 atom stereocenters. The molecular weight excluding hydrogens is 432 g/mol. The zero-order valence-electron chi connectivity index (χ0n) is 22.7. The summed E-state index contributed by atoms with van der Waals surface area (Å²) in [5, 5.41) is 2.70. The van der Waals surface area contributed by atoms with Gasteiger partial charge in [-0.05, 0) is 98.7 Å². The van der Waals surface area contributed by atoms with Crippen LogP contribution in [0.25, 0.3) is 22.8 Å². The molecule has 4 aromatic rings. The van der Waals surface area contributed by atoms with Gasteiger partial charge >= 0.3 is 0 Å². The van der Waals surface area contributed by atoms with Gasteiger partial charge in [-0.2, -0.15) is 0 Å². The summed E-state index contributed by atoms with van der Waals surface area (Å²) >= 11 is 0. The van der Waals surface area contributed by atoms with Gasteiger partial charge in [-0.1, -0.05) is 119 Å². The Morgan fingerprint density at radius 1 is 0.722 bits per heavy atom. The van der Waals surface area contributed by atoms with Crippen molar-refractivity contribution in [2.75, 3.05) is 0 Å². The highest BCUT2D eigenvalue weighted by Gasteiger charge is 2.18. The van der Waals surface area contributed by atoms with E-state index in [9.17, 15) is 0 Å². The number of rotatable bonds is 5. The average Bonchev–Trinajstić information content (AvgIpc) is 3.22. The number of benzene rings is 4. The highest BCUT2D eigenvalue weighted by Crippen LogP contribution is 2.29. The van der Waals surface area contributed by atoms with E-state index in [2.05, 4.69) is 126 Å². The monoisotopic (exact) mass is 470 g/mol. The molecule has 0 fully saturated rings. The average molecular weight is 471 g/mol. The van der Waals surface area contributed by atoms with Gasteiger partial charge in [0.25, 0.3) is 0 Å². The third-order valence-corrected chi connectivity index (χ3v) is 7.60. The molecule has 0 radical (unpaired) electrons.